The number of hydroxylamine groups is 1. The summed E-state index contributed by atoms with van der Waals surface area (Å²) in [7, 11) is 1.61. The van der Waals surface area contributed by atoms with Gasteiger partial charge in [-0.15, -0.1) is 24.8 Å². The predicted octanol–water partition coefficient (Wildman–Crippen LogP) is 1.13. The van der Waals surface area contributed by atoms with Gasteiger partial charge in [-0.1, -0.05) is 0 Å². The first-order chi connectivity index (χ1) is 7.36. The number of hydrogen-bond acceptors (Lipinski definition) is 3. The van der Waals surface area contributed by atoms with E-state index in [0.717, 1.165) is 31.5 Å². The molecule has 17 heavy (non-hydrogen) atoms. The van der Waals surface area contributed by atoms with E-state index in [1.54, 1.807) is 13.4 Å². The molecular weight excluding hydrogens is 265 g/mol. The van der Waals surface area contributed by atoms with E-state index in [0.29, 0.717) is 5.96 Å². The van der Waals surface area contributed by atoms with Gasteiger partial charge in [-0.25, -0.2) is 10.5 Å². The minimum absolute atomic E-state index is 0. The largest absolute Gasteiger partial charge is 0.355 e. The van der Waals surface area contributed by atoms with Crippen molar-refractivity contribution in [3.05, 3.63) is 18.2 Å². The lowest BCUT2D eigenvalue weighted by atomic mass is 10.2. The molecule has 1 aromatic rings. The zero-order valence-corrected chi connectivity index (χ0v) is 11.3. The fourth-order valence-electron chi connectivity index (χ4n) is 1.24. The van der Waals surface area contributed by atoms with Crippen molar-refractivity contribution in [2.45, 2.75) is 19.3 Å². The minimum atomic E-state index is 0. The first kappa shape index (κ1) is 18.4. The van der Waals surface area contributed by atoms with Gasteiger partial charge in [0.05, 0.1) is 6.33 Å². The summed E-state index contributed by atoms with van der Waals surface area (Å²) >= 11 is 0. The van der Waals surface area contributed by atoms with Crippen LogP contribution < -0.4 is 10.8 Å². The number of hydrogen-bond donors (Lipinski definition) is 4. The number of unbranched alkanes of at least 4 members (excludes halogenated alkanes) is 1. The van der Waals surface area contributed by atoms with Gasteiger partial charge >= 0.3 is 0 Å². The number of aliphatic imine (C=N–C) groups is 1. The molecule has 0 bridgehead atoms. The Morgan fingerprint density at radius 2 is 2.24 bits per heavy atom. The number of nitrogens with zero attached hydrogens (tertiary/aromatic N) is 2. The molecular formula is C9H19Cl2N5O. The van der Waals surface area contributed by atoms with Gasteiger partial charge in [0.1, 0.15) is 0 Å². The molecule has 8 heteroatoms. The number of H-pyrrole nitrogens is 1. The fourth-order valence-corrected chi connectivity index (χ4v) is 1.24. The lowest BCUT2D eigenvalue weighted by Crippen LogP contribution is -2.35. The van der Waals surface area contributed by atoms with Crippen LogP contribution in [-0.4, -0.2) is 34.7 Å². The number of aryl methyl sites for hydroxylation is 1. The molecule has 0 saturated carbocycles. The summed E-state index contributed by atoms with van der Waals surface area (Å²) in [6, 6.07) is 0. The van der Waals surface area contributed by atoms with Crippen molar-refractivity contribution in [1.29, 1.82) is 0 Å². The first-order valence-corrected chi connectivity index (χ1v) is 4.95. The molecule has 0 unspecified atom stereocenters. The summed E-state index contributed by atoms with van der Waals surface area (Å²) < 4.78 is 0. The van der Waals surface area contributed by atoms with Crippen molar-refractivity contribution in [3.63, 3.8) is 0 Å². The Hall–Kier alpha value is -0.980. The molecule has 1 aromatic heterocycles. The molecule has 6 nitrogen and oxygen atoms in total. The topological polar surface area (TPSA) is 85.3 Å². The second-order valence-corrected chi connectivity index (χ2v) is 3.14. The SMILES string of the molecule is CN=C(NO)NCCCCc1cnc[nH]1.Cl.Cl. The van der Waals surface area contributed by atoms with E-state index in [1.165, 1.54) is 0 Å². The van der Waals surface area contributed by atoms with E-state index in [4.69, 9.17) is 5.21 Å². The Morgan fingerprint density at radius 3 is 2.76 bits per heavy atom. The third-order valence-corrected chi connectivity index (χ3v) is 2.05. The van der Waals surface area contributed by atoms with E-state index >= 15 is 0 Å². The minimum Gasteiger partial charge on any atom is -0.355 e. The lowest BCUT2D eigenvalue weighted by Gasteiger charge is -2.06. The number of guanidine groups is 1. The van der Waals surface area contributed by atoms with Crippen molar-refractivity contribution < 1.29 is 5.21 Å². The normalized spacial score (nSPS) is 10.1. The molecule has 0 aliphatic carbocycles. The molecule has 0 radical (unpaired) electrons. The Kier molecular flexibility index (Phi) is 12.4. The van der Waals surface area contributed by atoms with Gasteiger partial charge < -0.3 is 10.3 Å². The highest BCUT2D eigenvalue weighted by atomic mass is 35.5. The van der Waals surface area contributed by atoms with Crippen molar-refractivity contribution in [2.75, 3.05) is 13.6 Å². The van der Waals surface area contributed by atoms with Crippen LogP contribution in [0.4, 0.5) is 0 Å². The summed E-state index contributed by atoms with van der Waals surface area (Å²) in [5.74, 6) is 0.400. The quantitative estimate of drug-likeness (QED) is 0.282. The van der Waals surface area contributed by atoms with Crippen LogP contribution in [-0.2, 0) is 6.42 Å². The number of nitrogens with one attached hydrogen (secondary N) is 3. The van der Waals surface area contributed by atoms with Crippen molar-refractivity contribution in [3.8, 4) is 0 Å². The number of rotatable bonds is 5. The van der Waals surface area contributed by atoms with Gasteiger partial charge in [0.2, 0.25) is 5.96 Å². The maximum absolute atomic E-state index is 8.58. The lowest BCUT2D eigenvalue weighted by molar-refractivity contribution is 0.229. The molecule has 0 saturated heterocycles. The van der Waals surface area contributed by atoms with E-state index in [9.17, 15) is 0 Å². The average Bonchev–Trinajstić information content (AvgIpc) is 2.76. The average molecular weight is 284 g/mol. The highest BCUT2D eigenvalue weighted by Crippen LogP contribution is 1.98. The Labute approximate surface area is 113 Å². The molecule has 0 fully saturated rings. The van der Waals surface area contributed by atoms with E-state index in [1.807, 2.05) is 11.7 Å². The second kappa shape index (κ2) is 11.5. The van der Waals surface area contributed by atoms with Gasteiger partial charge in [-0.05, 0) is 19.3 Å². The molecule has 0 atom stereocenters. The van der Waals surface area contributed by atoms with Crippen molar-refractivity contribution in [1.82, 2.24) is 20.8 Å². The number of aromatic nitrogens is 2. The van der Waals surface area contributed by atoms with Crippen LogP contribution in [0.1, 0.15) is 18.5 Å². The van der Waals surface area contributed by atoms with Crippen LogP contribution >= 0.6 is 24.8 Å². The van der Waals surface area contributed by atoms with Crippen LogP contribution in [0.2, 0.25) is 0 Å². The number of imidazole rings is 1. The van der Waals surface area contributed by atoms with Gasteiger partial charge in [0, 0.05) is 25.5 Å². The number of aromatic amines is 1. The Bertz CT molecular complexity index is 292. The third kappa shape index (κ3) is 7.84. The highest BCUT2D eigenvalue weighted by Gasteiger charge is 1.95. The summed E-state index contributed by atoms with van der Waals surface area (Å²) in [5, 5.41) is 11.5. The van der Waals surface area contributed by atoms with Gasteiger partial charge in [0.15, 0.2) is 0 Å². The maximum Gasteiger partial charge on any atom is 0.215 e. The molecule has 4 N–H and O–H groups in total. The zero-order valence-electron chi connectivity index (χ0n) is 9.64. The van der Waals surface area contributed by atoms with E-state index < -0.39 is 0 Å². The molecule has 0 aliphatic heterocycles. The zero-order chi connectivity index (χ0) is 10.9. The second-order valence-electron chi connectivity index (χ2n) is 3.14. The van der Waals surface area contributed by atoms with Crippen molar-refractivity contribution in [2.24, 2.45) is 4.99 Å². The third-order valence-electron chi connectivity index (χ3n) is 2.05. The van der Waals surface area contributed by atoms with Gasteiger partial charge in [-0.2, -0.15) is 0 Å². The standard InChI is InChI=1S/C9H17N5O.2ClH/c1-10-9(14-15)12-5-3-2-4-8-6-11-7-13-8;;/h6-7,15H,2-5H2,1H3,(H,11,13)(H2,10,12,14);2*1H. The van der Waals surface area contributed by atoms with Gasteiger partial charge in [-0.3, -0.25) is 10.2 Å². The van der Waals surface area contributed by atoms with Crippen LogP contribution in [0.3, 0.4) is 0 Å². The molecule has 1 heterocycles. The van der Waals surface area contributed by atoms with E-state index in [2.05, 4.69) is 20.3 Å². The van der Waals surface area contributed by atoms with Crippen LogP contribution in [0, 0.1) is 0 Å². The molecule has 0 aliphatic rings. The Morgan fingerprint density at radius 1 is 1.47 bits per heavy atom. The van der Waals surface area contributed by atoms with Crippen molar-refractivity contribution >= 4 is 30.8 Å². The first-order valence-electron chi connectivity index (χ1n) is 4.95. The molecule has 0 amide bonds. The van der Waals surface area contributed by atoms with Crippen LogP contribution in [0.25, 0.3) is 0 Å². The molecule has 0 spiro atoms. The summed E-state index contributed by atoms with van der Waals surface area (Å²) in [6.45, 7) is 0.786. The summed E-state index contributed by atoms with van der Waals surface area (Å²) in [6.07, 6.45) is 6.59. The highest BCUT2D eigenvalue weighted by molar-refractivity contribution is 5.85. The smallest absolute Gasteiger partial charge is 0.215 e. The summed E-state index contributed by atoms with van der Waals surface area (Å²) in [4.78, 5) is 10.8. The molecule has 100 valence electrons. The predicted molar refractivity (Wildman–Crippen MR) is 72.3 cm³/mol. The van der Waals surface area contributed by atoms with E-state index in [-0.39, 0.29) is 24.8 Å². The number of halogens is 2. The molecule has 1 rings (SSSR count). The summed E-state index contributed by atoms with van der Waals surface area (Å²) in [5.41, 5.74) is 3.13. The monoisotopic (exact) mass is 283 g/mol. The Balaban J connectivity index is 0. The maximum atomic E-state index is 8.58. The molecule has 0 aromatic carbocycles. The van der Waals surface area contributed by atoms with Crippen LogP contribution in [0.5, 0.6) is 0 Å². The fraction of sp³-hybridized carbons (Fsp3) is 0.556. The van der Waals surface area contributed by atoms with Gasteiger partial charge in [0.25, 0.3) is 0 Å². The van der Waals surface area contributed by atoms with Crippen LogP contribution in [0.15, 0.2) is 17.5 Å².